The van der Waals surface area contributed by atoms with E-state index in [-0.39, 0.29) is 16.9 Å². The molecule has 2 N–H and O–H groups in total. The van der Waals surface area contributed by atoms with Crippen LogP contribution in [0.15, 0.2) is 36.4 Å². The third kappa shape index (κ3) is 4.73. The van der Waals surface area contributed by atoms with E-state index in [0.717, 1.165) is 12.1 Å². The largest absolute Gasteiger partial charge is 0.496 e. The highest BCUT2D eigenvalue weighted by molar-refractivity contribution is 5.40. The Bertz CT molecular complexity index is 857. The Hall–Kier alpha value is -2.12. The van der Waals surface area contributed by atoms with E-state index in [1.165, 1.54) is 39.2 Å². The lowest BCUT2D eigenvalue weighted by molar-refractivity contribution is -0.298. The van der Waals surface area contributed by atoms with Crippen molar-refractivity contribution in [2.75, 3.05) is 7.11 Å². The van der Waals surface area contributed by atoms with E-state index in [0.29, 0.717) is 11.1 Å². The van der Waals surface area contributed by atoms with E-state index in [4.69, 9.17) is 4.74 Å². The molecule has 0 radical (unpaired) electrons. The molecular weight excluding hydrogens is 388 g/mol. The van der Waals surface area contributed by atoms with Crippen molar-refractivity contribution in [1.82, 2.24) is 0 Å². The van der Waals surface area contributed by atoms with Gasteiger partial charge in [0, 0.05) is 5.56 Å². The van der Waals surface area contributed by atoms with E-state index in [9.17, 15) is 27.8 Å². The topological polar surface area (TPSA) is 49.7 Å². The quantitative estimate of drug-likeness (QED) is 0.643. The first-order valence-electron chi connectivity index (χ1n) is 9.10. The Balaban J connectivity index is 2.56. The summed E-state index contributed by atoms with van der Waals surface area (Å²) >= 11 is 0. The van der Waals surface area contributed by atoms with Crippen LogP contribution in [0.5, 0.6) is 5.75 Å². The van der Waals surface area contributed by atoms with Crippen LogP contribution in [-0.4, -0.2) is 29.1 Å². The molecular formula is C22H26F4O3. The summed E-state index contributed by atoms with van der Waals surface area (Å²) in [7, 11) is 1.33. The summed E-state index contributed by atoms with van der Waals surface area (Å²) in [5.74, 6) is -0.443. The molecule has 29 heavy (non-hydrogen) atoms. The predicted molar refractivity (Wildman–Crippen MR) is 102 cm³/mol. The lowest BCUT2D eigenvalue weighted by atomic mass is 9.71. The fourth-order valence-electron chi connectivity index (χ4n) is 3.77. The van der Waals surface area contributed by atoms with Crippen LogP contribution in [-0.2, 0) is 5.41 Å². The number of aliphatic hydroxyl groups excluding tert-OH is 1. The van der Waals surface area contributed by atoms with Crippen molar-refractivity contribution < 1.29 is 32.5 Å². The minimum absolute atomic E-state index is 0.0377. The first kappa shape index (κ1) is 23.2. The molecule has 2 aromatic carbocycles. The molecule has 0 saturated carbocycles. The molecule has 0 aliphatic carbocycles. The van der Waals surface area contributed by atoms with Gasteiger partial charge in [-0.05, 0) is 49.4 Å². The third-order valence-electron chi connectivity index (χ3n) is 5.11. The van der Waals surface area contributed by atoms with Gasteiger partial charge in [-0.1, -0.05) is 43.2 Å². The smallest absolute Gasteiger partial charge is 0.420 e. The van der Waals surface area contributed by atoms with Crippen molar-refractivity contribution in [3.63, 3.8) is 0 Å². The number of aryl methyl sites for hydroxylation is 2. The van der Waals surface area contributed by atoms with Gasteiger partial charge in [-0.15, -0.1) is 0 Å². The van der Waals surface area contributed by atoms with Crippen LogP contribution in [0, 0.1) is 19.7 Å². The number of methoxy groups -OCH3 is 1. The molecule has 3 nitrogen and oxygen atoms in total. The SMILES string of the molecule is COc1ccc(F)cc1C(C)(C)CC(O)(C(O)c1cc(C)cc(C)c1)C(F)(F)F. The number of halogens is 4. The van der Waals surface area contributed by atoms with Crippen LogP contribution in [0.3, 0.4) is 0 Å². The second kappa shape index (κ2) is 7.95. The number of hydrogen-bond acceptors (Lipinski definition) is 3. The van der Waals surface area contributed by atoms with Gasteiger partial charge in [0.25, 0.3) is 0 Å². The van der Waals surface area contributed by atoms with Crippen molar-refractivity contribution in [1.29, 1.82) is 0 Å². The molecule has 0 saturated heterocycles. The zero-order valence-corrected chi connectivity index (χ0v) is 17.1. The van der Waals surface area contributed by atoms with Gasteiger partial charge in [0.2, 0.25) is 0 Å². The van der Waals surface area contributed by atoms with Crippen molar-refractivity contribution in [3.05, 3.63) is 64.5 Å². The van der Waals surface area contributed by atoms with Crippen LogP contribution >= 0.6 is 0 Å². The van der Waals surface area contributed by atoms with Gasteiger partial charge in [-0.2, -0.15) is 13.2 Å². The van der Waals surface area contributed by atoms with E-state index < -0.39 is 35.5 Å². The van der Waals surface area contributed by atoms with Gasteiger partial charge in [-0.25, -0.2) is 4.39 Å². The Morgan fingerprint density at radius 3 is 2.03 bits per heavy atom. The Labute approximate surface area is 168 Å². The summed E-state index contributed by atoms with van der Waals surface area (Å²) in [5, 5.41) is 21.4. The number of rotatable bonds is 6. The Morgan fingerprint density at radius 1 is 1.00 bits per heavy atom. The summed E-state index contributed by atoms with van der Waals surface area (Å²) < 4.78 is 61.1. The maximum absolute atomic E-state index is 14.0. The lowest BCUT2D eigenvalue weighted by Gasteiger charge is -2.41. The zero-order valence-electron chi connectivity index (χ0n) is 17.1. The minimum Gasteiger partial charge on any atom is -0.496 e. The van der Waals surface area contributed by atoms with Crippen molar-refractivity contribution in [3.8, 4) is 5.75 Å². The van der Waals surface area contributed by atoms with Gasteiger partial charge in [0.15, 0.2) is 5.60 Å². The van der Waals surface area contributed by atoms with Crippen LogP contribution in [0.1, 0.15) is 48.6 Å². The summed E-state index contributed by atoms with van der Waals surface area (Å²) in [5.41, 5.74) is -3.39. The first-order valence-corrected chi connectivity index (χ1v) is 9.10. The van der Waals surface area contributed by atoms with E-state index in [1.807, 2.05) is 0 Å². The number of benzene rings is 2. The molecule has 2 atom stereocenters. The van der Waals surface area contributed by atoms with E-state index in [2.05, 4.69) is 0 Å². The second-order valence-corrected chi connectivity index (χ2v) is 8.15. The highest BCUT2D eigenvalue weighted by atomic mass is 19.4. The molecule has 0 heterocycles. The monoisotopic (exact) mass is 414 g/mol. The van der Waals surface area contributed by atoms with Crippen molar-refractivity contribution >= 4 is 0 Å². The molecule has 0 amide bonds. The molecule has 2 rings (SSSR count). The number of aliphatic hydroxyl groups is 2. The van der Waals surface area contributed by atoms with E-state index >= 15 is 0 Å². The standard InChI is InChI=1S/C22H26F4O3/c1-13-8-14(2)10-15(9-13)19(27)21(28,22(24,25)26)12-20(3,4)17-11-16(23)6-7-18(17)29-5/h6-11,19,27-28H,12H2,1-5H3. The minimum atomic E-state index is -5.14. The van der Waals surface area contributed by atoms with Crippen molar-refractivity contribution in [2.45, 2.75) is 57.4 Å². The highest BCUT2D eigenvalue weighted by Crippen LogP contribution is 2.49. The summed E-state index contributed by atoms with van der Waals surface area (Å²) in [4.78, 5) is 0. The molecule has 0 spiro atoms. The van der Waals surface area contributed by atoms with Crippen LogP contribution in [0.4, 0.5) is 17.6 Å². The highest BCUT2D eigenvalue weighted by Gasteiger charge is 2.60. The van der Waals surface area contributed by atoms with Gasteiger partial charge in [0.1, 0.15) is 17.7 Å². The molecule has 0 fully saturated rings. The number of alkyl halides is 3. The fourth-order valence-corrected chi connectivity index (χ4v) is 3.77. The van der Waals surface area contributed by atoms with Gasteiger partial charge in [-0.3, -0.25) is 0 Å². The maximum Gasteiger partial charge on any atom is 0.420 e. The summed E-state index contributed by atoms with van der Waals surface area (Å²) in [6.45, 7) is 6.26. The fraction of sp³-hybridized carbons (Fsp3) is 0.455. The van der Waals surface area contributed by atoms with Crippen LogP contribution in [0.25, 0.3) is 0 Å². The maximum atomic E-state index is 14.0. The van der Waals surface area contributed by atoms with Gasteiger partial charge >= 0.3 is 6.18 Å². The number of hydrogen-bond donors (Lipinski definition) is 2. The molecule has 7 heteroatoms. The number of ether oxygens (including phenoxy) is 1. The van der Waals surface area contributed by atoms with Crippen LogP contribution < -0.4 is 4.74 Å². The molecule has 2 aromatic rings. The normalized spacial score (nSPS) is 15.7. The third-order valence-corrected chi connectivity index (χ3v) is 5.11. The molecule has 2 unspecified atom stereocenters. The van der Waals surface area contributed by atoms with Crippen molar-refractivity contribution in [2.24, 2.45) is 0 Å². The molecule has 0 aliphatic rings. The van der Waals surface area contributed by atoms with Crippen LogP contribution in [0.2, 0.25) is 0 Å². The van der Waals surface area contributed by atoms with E-state index in [1.54, 1.807) is 19.9 Å². The summed E-state index contributed by atoms with van der Waals surface area (Å²) in [6, 6.07) is 8.11. The molecule has 0 bridgehead atoms. The molecule has 0 aliphatic heterocycles. The summed E-state index contributed by atoms with van der Waals surface area (Å²) in [6.07, 6.45) is -8.26. The first-order chi connectivity index (χ1) is 13.2. The average Bonchev–Trinajstić information content (AvgIpc) is 2.58. The van der Waals surface area contributed by atoms with Gasteiger partial charge in [0.05, 0.1) is 7.11 Å². The van der Waals surface area contributed by atoms with Gasteiger partial charge < -0.3 is 14.9 Å². The zero-order chi connectivity index (χ0) is 22.2. The lowest BCUT2D eigenvalue weighted by Crippen LogP contribution is -2.53. The average molecular weight is 414 g/mol. The Morgan fingerprint density at radius 2 is 1.55 bits per heavy atom. The molecule has 0 aromatic heterocycles. The predicted octanol–water partition coefficient (Wildman–Crippen LogP) is 5.15. The molecule has 160 valence electrons. The second-order valence-electron chi connectivity index (χ2n) is 8.15. The Kier molecular flexibility index (Phi) is 6.35.